The molecule has 1 aliphatic heterocycles. The van der Waals surface area contributed by atoms with Crippen LogP contribution in [0.15, 0.2) is 35.1 Å². The van der Waals surface area contributed by atoms with Crippen LogP contribution in [-0.2, 0) is 17.6 Å². The summed E-state index contributed by atoms with van der Waals surface area (Å²) in [5.41, 5.74) is 2.70. The van der Waals surface area contributed by atoms with E-state index in [9.17, 15) is 9.59 Å². The predicted octanol–water partition coefficient (Wildman–Crippen LogP) is 2.10. The fourth-order valence-electron chi connectivity index (χ4n) is 3.14. The fraction of sp³-hybridized carbons (Fsp3) is 0.333. The van der Waals surface area contributed by atoms with E-state index in [-0.39, 0.29) is 11.5 Å². The summed E-state index contributed by atoms with van der Waals surface area (Å²) in [5.74, 6) is -0.0104. The third kappa shape index (κ3) is 2.86. The molecule has 1 amide bonds. The summed E-state index contributed by atoms with van der Waals surface area (Å²) in [6.07, 6.45) is 1.56. The lowest BCUT2D eigenvalue weighted by atomic mass is 10.2. The highest BCUT2D eigenvalue weighted by atomic mass is 32.1. The van der Waals surface area contributed by atoms with Crippen LogP contribution in [0, 0.1) is 0 Å². The molecule has 26 heavy (non-hydrogen) atoms. The van der Waals surface area contributed by atoms with Gasteiger partial charge in [-0.2, -0.15) is 4.52 Å². The zero-order valence-electron chi connectivity index (χ0n) is 14.6. The van der Waals surface area contributed by atoms with Crippen molar-refractivity contribution in [3.05, 3.63) is 51.9 Å². The van der Waals surface area contributed by atoms with Gasteiger partial charge >= 0.3 is 0 Å². The first-order chi connectivity index (χ1) is 12.6. The van der Waals surface area contributed by atoms with Gasteiger partial charge in [-0.3, -0.25) is 9.59 Å². The molecule has 1 unspecified atom stereocenters. The van der Waals surface area contributed by atoms with Gasteiger partial charge in [0, 0.05) is 24.0 Å². The molecule has 0 saturated carbocycles. The van der Waals surface area contributed by atoms with Gasteiger partial charge in [-0.25, -0.2) is 4.98 Å². The van der Waals surface area contributed by atoms with E-state index in [0.717, 1.165) is 17.8 Å². The van der Waals surface area contributed by atoms with Gasteiger partial charge in [0.05, 0.1) is 0 Å². The molecule has 2 aromatic heterocycles. The van der Waals surface area contributed by atoms with E-state index in [4.69, 9.17) is 0 Å². The van der Waals surface area contributed by atoms with E-state index in [1.807, 2.05) is 32.0 Å². The van der Waals surface area contributed by atoms with Crippen molar-refractivity contribution in [1.29, 1.82) is 0 Å². The van der Waals surface area contributed by atoms with Crippen LogP contribution < -0.4 is 15.8 Å². The summed E-state index contributed by atoms with van der Waals surface area (Å²) in [5, 5.41) is 7.89. The molecule has 1 aromatic carbocycles. The lowest BCUT2D eigenvalue weighted by molar-refractivity contribution is -0.118. The average molecular weight is 369 g/mol. The van der Waals surface area contributed by atoms with E-state index in [1.54, 1.807) is 4.90 Å². The highest BCUT2D eigenvalue weighted by molar-refractivity contribution is 7.20. The molecule has 1 N–H and O–H groups in total. The number of aromatic nitrogens is 3. The van der Waals surface area contributed by atoms with Crippen molar-refractivity contribution in [2.24, 2.45) is 0 Å². The first-order valence-corrected chi connectivity index (χ1v) is 9.44. The average Bonchev–Trinajstić information content (AvgIpc) is 3.24. The first kappa shape index (κ1) is 16.7. The Balaban J connectivity index is 1.56. The first-order valence-electron chi connectivity index (χ1n) is 8.62. The van der Waals surface area contributed by atoms with E-state index in [0.29, 0.717) is 23.1 Å². The van der Waals surface area contributed by atoms with Crippen LogP contribution in [-0.4, -0.2) is 33.1 Å². The largest absolute Gasteiger partial charge is 0.349 e. The number of rotatable bonds is 4. The maximum atomic E-state index is 12.9. The molecule has 7 nitrogen and oxygen atoms in total. The summed E-state index contributed by atoms with van der Waals surface area (Å²) >= 11 is 1.27. The molecule has 8 heteroatoms. The molecule has 134 valence electrons. The minimum atomic E-state index is -0.455. The molecule has 0 saturated heterocycles. The van der Waals surface area contributed by atoms with Gasteiger partial charge in [-0.15, -0.1) is 5.10 Å². The summed E-state index contributed by atoms with van der Waals surface area (Å²) in [7, 11) is 0. The quantitative estimate of drug-likeness (QED) is 0.762. The molecule has 1 aliphatic rings. The van der Waals surface area contributed by atoms with E-state index in [1.165, 1.54) is 27.5 Å². The third-order valence-corrected chi connectivity index (χ3v) is 5.36. The number of para-hydroxylation sites is 1. The van der Waals surface area contributed by atoms with Crippen molar-refractivity contribution in [3.8, 4) is 0 Å². The minimum absolute atomic E-state index is 0.0104. The van der Waals surface area contributed by atoms with Crippen LogP contribution in [0.5, 0.6) is 0 Å². The summed E-state index contributed by atoms with van der Waals surface area (Å²) < 4.78 is 1.27. The van der Waals surface area contributed by atoms with Crippen molar-refractivity contribution in [2.75, 3.05) is 16.8 Å². The number of aryl methyl sites for hydroxylation is 1. The number of hydrogen-bond donors (Lipinski definition) is 1. The molecule has 0 aliphatic carbocycles. The van der Waals surface area contributed by atoms with Gasteiger partial charge in [-0.1, -0.05) is 36.5 Å². The van der Waals surface area contributed by atoms with E-state index < -0.39 is 6.04 Å². The Morgan fingerprint density at radius 2 is 2.19 bits per heavy atom. The van der Waals surface area contributed by atoms with Crippen molar-refractivity contribution in [3.63, 3.8) is 0 Å². The monoisotopic (exact) mass is 369 g/mol. The third-order valence-electron chi connectivity index (χ3n) is 4.52. The number of carbonyl (C=O) groups is 1. The Bertz CT molecular complexity index is 1040. The molecular formula is C18H19N5O2S. The van der Waals surface area contributed by atoms with Crippen LogP contribution in [0.2, 0.25) is 0 Å². The van der Waals surface area contributed by atoms with Gasteiger partial charge in [0.15, 0.2) is 0 Å². The number of amides is 1. The van der Waals surface area contributed by atoms with Gasteiger partial charge in [-0.05, 0) is 31.4 Å². The number of nitrogens with one attached hydrogen (secondary N) is 1. The van der Waals surface area contributed by atoms with E-state index in [2.05, 4.69) is 21.5 Å². The number of fused-ring (bicyclic) bond motifs is 2. The lowest BCUT2D eigenvalue weighted by Crippen LogP contribution is -2.40. The standard InChI is InChI=1S/C18H19N5O2S/c1-3-13-10-15(24)23-18(20-13)26-17(21-23)19-11(2)16(25)22-9-8-12-6-4-5-7-14(12)22/h4-7,10-11H,3,8-9H2,1-2H3,(H,19,21). The summed E-state index contributed by atoms with van der Waals surface area (Å²) in [6.45, 7) is 4.45. The summed E-state index contributed by atoms with van der Waals surface area (Å²) in [4.78, 5) is 31.7. The number of carbonyl (C=O) groups excluding carboxylic acids is 1. The molecule has 3 aromatic rings. The maximum Gasteiger partial charge on any atom is 0.275 e. The zero-order valence-corrected chi connectivity index (χ0v) is 15.4. The molecule has 1 atom stereocenters. The Labute approximate surface area is 154 Å². The highest BCUT2D eigenvalue weighted by Gasteiger charge is 2.28. The second-order valence-corrected chi connectivity index (χ2v) is 7.23. The van der Waals surface area contributed by atoms with Crippen LogP contribution >= 0.6 is 11.3 Å². The number of nitrogens with zero attached hydrogens (tertiary/aromatic N) is 4. The Morgan fingerprint density at radius 1 is 1.38 bits per heavy atom. The number of benzene rings is 1. The van der Waals surface area contributed by atoms with Gasteiger partial charge in [0.1, 0.15) is 6.04 Å². The van der Waals surface area contributed by atoms with E-state index >= 15 is 0 Å². The molecular weight excluding hydrogens is 350 g/mol. The minimum Gasteiger partial charge on any atom is -0.349 e. The van der Waals surface area contributed by atoms with Crippen molar-refractivity contribution in [2.45, 2.75) is 32.7 Å². The maximum absolute atomic E-state index is 12.9. The summed E-state index contributed by atoms with van der Waals surface area (Å²) in [6, 6.07) is 9.00. The van der Waals surface area contributed by atoms with Crippen LogP contribution in [0.1, 0.15) is 25.1 Å². The van der Waals surface area contributed by atoms with Crippen LogP contribution in [0.4, 0.5) is 10.8 Å². The van der Waals surface area contributed by atoms with Crippen molar-refractivity contribution >= 4 is 33.0 Å². The highest BCUT2D eigenvalue weighted by Crippen LogP contribution is 2.28. The number of anilines is 2. The topological polar surface area (TPSA) is 79.6 Å². The normalized spacial score (nSPS) is 14.5. The zero-order chi connectivity index (χ0) is 18.3. The lowest BCUT2D eigenvalue weighted by Gasteiger charge is -2.22. The number of hydrogen-bond acceptors (Lipinski definition) is 6. The molecule has 0 spiro atoms. The van der Waals surface area contributed by atoms with Crippen LogP contribution in [0.25, 0.3) is 4.96 Å². The van der Waals surface area contributed by atoms with Gasteiger partial charge in [0.2, 0.25) is 16.0 Å². The fourth-order valence-corrected chi connectivity index (χ4v) is 4.05. The molecule has 0 radical (unpaired) electrons. The second kappa shape index (κ2) is 6.53. The molecule has 0 bridgehead atoms. The Kier molecular flexibility index (Phi) is 4.20. The predicted molar refractivity (Wildman–Crippen MR) is 102 cm³/mol. The molecule has 3 heterocycles. The second-order valence-electron chi connectivity index (χ2n) is 6.28. The van der Waals surface area contributed by atoms with Gasteiger partial charge < -0.3 is 10.2 Å². The van der Waals surface area contributed by atoms with Crippen molar-refractivity contribution in [1.82, 2.24) is 14.6 Å². The molecule has 4 rings (SSSR count). The van der Waals surface area contributed by atoms with Crippen molar-refractivity contribution < 1.29 is 4.79 Å². The van der Waals surface area contributed by atoms with Gasteiger partial charge in [0.25, 0.3) is 5.56 Å². The Hall–Kier alpha value is -2.74. The Morgan fingerprint density at radius 3 is 3.00 bits per heavy atom. The molecule has 0 fully saturated rings. The SMILES string of the molecule is CCc1cc(=O)n2nc(NC(C)C(=O)N3CCc4ccccc43)sc2n1. The van der Waals surface area contributed by atoms with Crippen LogP contribution in [0.3, 0.4) is 0 Å². The smallest absolute Gasteiger partial charge is 0.275 e.